The minimum Gasteiger partial charge on any atom is -0.324 e. The van der Waals surface area contributed by atoms with E-state index in [-0.39, 0.29) is 5.69 Å². The molecule has 20 heavy (non-hydrogen) atoms. The van der Waals surface area contributed by atoms with Crippen molar-refractivity contribution in [3.05, 3.63) is 36.3 Å². The molecule has 0 saturated carbocycles. The van der Waals surface area contributed by atoms with Gasteiger partial charge < -0.3 is 14.2 Å². The van der Waals surface area contributed by atoms with Gasteiger partial charge in [-0.2, -0.15) is 14.7 Å². The smallest absolute Gasteiger partial charge is 0.324 e. The van der Waals surface area contributed by atoms with Crippen molar-refractivity contribution in [2.45, 2.75) is 5.66 Å². The summed E-state index contributed by atoms with van der Waals surface area (Å²) in [4.78, 5) is 61.1. The molecule has 0 saturated heterocycles. The Morgan fingerprint density at radius 2 is 1.95 bits per heavy atom. The van der Waals surface area contributed by atoms with Gasteiger partial charge >= 0.3 is 21.1 Å². The summed E-state index contributed by atoms with van der Waals surface area (Å²) in [7, 11) is -10.1. The Hall–Kier alpha value is -1.18. The van der Waals surface area contributed by atoms with Gasteiger partial charge in [0.25, 0.3) is 0 Å². The summed E-state index contributed by atoms with van der Waals surface area (Å²) in [5, 5.41) is 0. The second kappa shape index (κ2) is 4.98. The molecule has 0 aliphatic carbocycles. The summed E-state index contributed by atoms with van der Waals surface area (Å²) in [5.41, 5.74) is -3.85. The lowest BCUT2D eigenvalue weighted by atomic mass is 10.3. The number of carbonyl (C=O) groups is 1. The predicted octanol–water partition coefficient (Wildman–Crippen LogP) is -0.181. The van der Waals surface area contributed by atoms with Crippen LogP contribution in [0.5, 0.6) is 0 Å². The van der Waals surface area contributed by atoms with E-state index in [2.05, 4.69) is 4.98 Å². The van der Waals surface area contributed by atoms with Crippen molar-refractivity contribution < 1.29 is 33.8 Å². The number of pyridine rings is 1. The number of nitrogens with zero attached hydrogens (tertiary/aromatic N) is 2. The Morgan fingerprint density at radius 3 is 2.50 bits per heavy atom. The van der Waals surface area contributed by atoms with Gasteiger partial charge in [-0.05, 0) is 12.1 Å². The fraction of sp³-hybridized carbons (Fsp3) is 0.111. The van der Waals surface area contributed by atoms with E-state index < -0.39 is 26.7 Å². The number of rotatable bonds is 4. The van der Waals surface area contributed by atoms with Crippen molar-refractivity contribution in [1.29, 1.82) is 0 Å². The van der Waals surface area contributed by atoms with Crippen LogP contribution in [0, 0.1) is 0 Å². The van der Waals surface area contributed by atoms with Crippen LogP contribution >= 0.6 is 15.5 Å². The molecule has 0 aliphatic heterocycles. The monoisotopic (exact) mass is 321 g/mol. The fourth-order valence-corrected chi connectivity index (χ4v) is 3.96. The lowest BCUT2D eigenvalue weighted by Gasteiger charge is -2.15. The number of carbonyl (C=O) groups excluding carboxylic acids is 1. The van der Waals surface area contributed by atoms with Crippen molar-refractivity contribution in [1.82, 2.24) is 9.38 Å². The van der Waals surface area contributed by atoms with Gasteiger partial charge in [0.2, 0.25) is 5.66 Å². The molecule has 0 aromatic carbocycles. The van der Waals surface area contributed by atoms with Crippen molar-refractivity contribution in [3.63, 3.8) is 0 Å². The molecule has 2 aromatic rings. The molecular formula is C9H11N2O7P2+. The summed E-state index contributed by atoms with van der Waals surface area (Å²) >= 11 is 0. The van der Waals surface area contributed by atoms with Gasteiger partial charge in [0, 0.05) is 6.20 Å². The first-order valence-corrected chi connectivity index (χ1v) is 8.54. The highest BCUT2D eigenvalue weighted by Gasteiger charge is 2.55. The topological polar surface area (TPSA) is 153 Å². The van der Waals surface area contributed by atoms with Gasteiger partial charge in [0.1, 0.15) is 5.65 Å². The predicted molar refractivity (Wildman–Crippen MR) is 68.6 cm³/mol. The highest BCUT2D eigenvalue weighted by Crippen LogP contribution is 2.61. The van der Waals surface area contributed by atoms with Crippen LogP contribution in [-0.2, 0) is 9.36 Å². The molecule has 0 amide bonds. The highest BCUT2D eigenvalue weighted by atomic mass is 31.2. The highest BCUT2D eigenvalue weighted by molar-refractivity contribution is 7.78. The number of fused-ring (bicyclic) bond motifs is 1. The first-order chi connectivity index (χ1) is 9.12. The van der Waals surface area contributed by atoms with E-state index in [1.165, 1.54) is 16.7 Å². The molecule has 0 fully saturated rings. The van der Waals surface area contributed by atoms with Gasteiger partial charge in [-0.3, -0.25) is 4.57 Å². The van der Waals surface area contributed by atoms with Crippen LogP contribution in [0.3, 0.4) is 0 Å². The van der Waals surface area contributed by atoms with Crippen LogP contribution in [0.2, 0.25) is 0 Å². The summed E-state index contributed by atoms with van der Waals surface area (Å²) in [6, 6.07) is 4.70. The Bertz CT molecular complexity index is 702. The molecule has 9 nitrogen and oxygen atoms in total. The summed E-state index contributed by atoms with van der Waals surface area (Å²) in [6.45, 7) is 0. The summed E-state index contributed by atoms with van der Waals surface area (Å²) in [6.07, 6.45) is 2.44. The van der Waals surface area contributed by atoms with Crippen molar-refractivity contribution in [2.24, 2.45) is 0 Å². The van der Waals surface area contributed by atoms with Crippen LogP contribution in [-0.4, -0.2) is 39.4 Å². The molecule has 11 heteroatoms. The molecule has 2 heterocycles. The normalized spacial score (nSPS) is 14.4. The maximum absolute atomic E-state index is 11.7. The third-order valence-corrected chi connectivity index (χ3v) is 4.82. The third kappa shape index (κ3) is 2.79. The van der Waals surface area contributed by atoms with E-state index in [4.69, 9.17) is 14.7 Å². The van der Waals surface area contributed by atoms with Crippen LogP contribution in [0.4, 0.5) is 0 Å². The zero-order chi connectivity index (χ0) is 15.1. The van der Waals surface area contributed by atoms with E-state index in [9.17, 15) is 19.1 Å². The fourth-order valence-electron chi connectivity index (χ4n) is 1.76. The third-order valence-electron chi connectivity index (χ3n) is 2.59. The first kappa shape index (κ1) is 15.2. The molecule has 2 aromatic heterocycles. The second-order valence-electron chi connectivity index (χ2n) is 4.01. The molecule has 0 radical (unpaired) electrons. The molecule has 0 aliphatic rings. The second-order valence-corrected chi connectivity index (χ2v) is 7.28. The quantitative estimate of drug-likeness (QED) is 0.486. The Labute approximate surface area is 112 Å². The standard InChI is InChI=1S/C9H10N2O7P2/c12-9(20(16,17)18)8(19(13,14)15)6-5-10-7-3-1-2-4-11(6)7/h1-5,8,16-18H,(H-,13,14,15)/p+1. The zero-order valence-electron chi connectivity index (χ0n) is 9.81. The molecule has 2 rings (SSSR count). The van der Waals surface area contributed by atoms with E-state index in [1.807, 2.05) is 0 Å². The van der Waals surface area contributed by atoms with Gasteiger partial charge in [-0.15, -0.1) is 0 Å². The van der Waals surface area contributed by atoms with Crippen LogP contribution < -0.4 is 0 Å². The van der Waals surface area contributed by atoms with E-state index in [0.717, 1.165) is 6.20 Å². The molecule has 1 atom stereocenters. The van der Waals surface area contributed by atoms with E-state index in [0.29, 0.717) is 5.65 Å². The summed E-state index contributed by atoms with van der Waals surface area (Å²) < 4.78 is 12.7. The SMILES string of the molecule is O=C(C(c1cnc2ccccn12)P(=O)(O)O)[P+](O)(O)O. The molecule has 0 bridgehead atoms. The Morgan fingerprint density at radius 1 is 1.30 bits per heavy atom. The van der Waals surface area contributed by atoms with Gasteiger partial charge in [0.05, 0.1) is 11.9 Å². The number of imidazole rings is 1. The molecule has 108 valence electrons. The lowest BCUT2D eigenvalue weighted by Crippen LogP contribution is -2.18. The van der Waals surface area contributed by atoms with E-state index in [1.54, 1.807) is 12.1 Å². The zero-order valence-corrected chi connectivity index (χ0v) is 11.6. The van der Waals surface area contributed by atoms with Gasteiger partial charge in [-0.25, -0.2) is 9.78 Å². The van der Waals surface area contributed by atoms with Crippen LogP contribution in [0.25, 0.3) is 5.65 Å². The Kier molecular flexibility index (Phi) is 3.79. The summed E-state index contributed by atoms with van der Waals surface area (Å²) in [5.74, 6) is 0. The lowest BCUT2D eigenvalue weighted by molar-refractivity contribution is -0.114. The van der Waals surface area contributed by atoms with Gasteiger partial charge in [-0.1, -0.05) is 6.07 Å². The van der Waals surface area contributed by atoms with Crippen molar-refractivity contribution in [3.8, 4) is 0 Å². The molecule has 5 N–H and O–H groups in total. The maximum Gasteiger partial charge on any atom is 0.480 e. The Balaban J connectivity index is 2.65. The number of aromatic nitrogens is 2. The molecule has 0 spiro atoms. The first-order valence-electron chi connectivity index (χ1n) is 5.21. The number of hydrogen-bond donors (Lipinski definition) is 5. The van der Waals surface area contributed by atoms with Crippen molar-refractivity contribution >= 4 is 26.7 Å². The van der Waals surface area contributed by atoms with Crippen LogP contribution in [0.15, 0.2) is 30.6 Å². The van der Waals surface area contributed by atoms with Crippen LogP contribution in [0.1, 0.15) is 11.4 Å². The molecule has 1 unspecified atom stereocenters. The minimum absolute atomic E-state index is 0.236. The average Bonchev–Trinajstić information content (AvgIpc) is 2.70. The average molecular weight is 321 g/mol. The largest absolute Gasteiger partial charge is 0.480 e. The van der Waals surface area contributed by atoms with E-state index >= 15 is 0 Å². The maximum atomic E-state index is 11.7. The molecular weight excluding hydrogens is 310 g/mol. The minimum atomic E-state index is -5.08. The number of hydrogen-bond acceptors (Lipinski definition) is 6. The van der Waals surface area contributed by atoms with Crippen molar-refractivity contribution in [2.75, 3.05) is 0 Å². The van der Waals surface area contributed by atoms with Gasteiger partial charge in [0.15, 0.2) is 0 Å².